The Hall–Kier alpha value is -1.39. The zero-order valence-corrected chi connectivity index (χ0v) is 21.3. The van der Waals surface area contributed by atoms with Gasteiger partial charge >= 0.3 is 0 Å². The third kappa shape index (κ3) is 5.01. The highest BCUT2D eigenvalue weighted by Gasteiger charge is 2.35. The number of carbonyl (C=O) groups is 1. The molecule has 1 saturated heterocycles. The summed E-state index contributed by atoms with van der Waals surface area (Å²) in [7, 11) is -3.07. The van der Waals surface area contributed by atoms with Crippen LogP contribution in [0.15, 0.2) is 9.95 Å². The van der Waals surface area contributed by atoms with Crippen LogP contribution in [0.25, 0.3) is 10.2 Å². The number of thioether (sulfide) groups is 1. The lowest BCUT2D eigenvalue weighted by molar-refractivity contribution is -0.131. The highest BCUT2D eigenvalue weighted by molar-refractivity contribution is 8.00. The quantitative estimate of drug-likeness (QED) is 0.421. The predicted octanol–water partition coefficient (Wildman–Crippen LogP) is 3.39. The van der Waals surface area contributed by atoms with Gasteiger partial charge in [0.25, 0.3) is 5.56 Å². The molecule has 0 radical (unpaired) electrons. The zero-order chi connectivity index (χ0) is 22.9. The number of rotatable bonds is 8. The molecule has 3 heterocycles. The summed E-state index contributed by atoms with van der Waals surface area (Å²) in [6, 6.07) is -0.272. The standard InChI is InChI=1S/C21H31N3O4S3/c1-6-8-10-24-20(26)17-13(3)14(4)29-18(17)22-21(24)30-15(5)19(25)23(7-2)16-9-11-31(27,28)12-16/h15-16H,6-12H2,1-5H3/t15-,16+/m0/s1. The number of fused-ring (bicyclic) bond motifs is 1. The van der Waals surface area contributed by atoms with E-state index in [2.05, 4.69) is 6.92 Å². The number of amides is 1. The smallest absolute Gasteiger partial charge is 0.263 e. The van der Waals surface area contributed by atoms with Gasteiger partial charge in [-0.1, -0.05) is 25.1 Å². The molecule has 2 atom stereocenters. The van der Waals surface area contributed by atoms with E-state index in [9.17, 15) is 18.0 Å². The number of aryl methyl sites for hydroxylation is 2. The van der Waals surface area contributed by atoms with Gasteiger partial charge in [-0.2, -0.15) is 0 Å². The van der Waals surface area contributed by atoms with E-state index in [1.165, 1.54) is 23.1 Å². The Bertz CT molecular complexity index is 1140. The molecule has 0 N–H and O–H groups in total. The van der Waals surface area contributed by atoms with Gasteiger partial charge in [0, 0.05) is 24.0 Å². The molecule has 31 heavy (non-hydrogen) atoms. The molecule has 0 aliphatic carbocycles. The molecule has 0 spiro atoms. The Morgan fingerprint density at radius 3 is 2.65 bits per heavy atom. The second kappa shape index (κ2) is 9.62. The van der Waals surface area contributed by atoms with Crippen molar-refractivity contribution in [1.82, 2.24) is 14.5 Å². The van der Waals surface area contributed by atoms with Crippen molar-refractivity contribution >= 4 is 49.1 Å². The minimum absolute atomic E-state index is 0.0309. The normalized spacial score (nSPS) is 19.1. The fourth-order valence-corrected chi connectivity index (χ4v) is 7.78. The molecule has 2 aromatic heterocycles. The molecule has 1 fully saturated rings. The Labute approximate surface area is 192 Å². The number of aromatic nitrogens is 2. The van der Waals surface area contributed by atoms with Crippen molar-refractivity contribution < 1.29 is 13.2 Å². The van der Waals surface area contributed by atoms with E-state index in [0.717, 1.165) is 23.3 Å². The van der Waals surface area contributed by atoms with Gasteiger partial charge in [-0.05, 0) is 46.1 Å². The lowest BCUT2D eigenvalue weighted by atomic mass is 10.2. The first-order valence-corrected chi connectivity index (χ1v) is 14.3. The number of nitrogens with zero attached hydrogens (tertiary/aromatic N) is 3. The highest BCUT2D eigenvalue weighted by Crippen LogP contribution is 2.31. The number of thiophene rings is 1. The van der Waals surface area contributed by atoms with Gasteiger partial charge in [-0.3, -0.25) is 14.2 Å². The number of unbranched alkanes of at least 4 members (excludes halogenated alkanes) is 1. The van der Waals surface area contributed by atoms with Gasteiger partial charge in [0.1, 0.15) is 4.83 Å². The molecule has 172 valence electrons. The molecule has 2 aromatic rings. The summed E-state index contributed by atoms with van der Waals surface area (Å²) in [5, 5.41) is 0.763. The van der Waals surface area contributed by atoms with E-state index in [4.69, 9.17) is 4.98 Å². The minimum atomic E-state index is -3.07. The van der Waals surface area contributed by atoms with E-state index < -0.39 is 15.1 Å². The van der Waals surface area contributed by atoms with Crippen molar-refractivity contribution in [3.05, 3.63) is 20.8 Å². The monoisotopic (exact) mass is 485 g/mol. The van der Waals surface area contributed by atoms with Crippen LogP contribution in [-0.4, -0.2) is 58.1 Å². The Balaban J connectivity index is 1.92. The molecule has 1 aliphatic rings. The van der Waals surface area contributed by atoms with Crippen LogP contribution in [0.3, 0.4) is 0 Å². The van der Waals surface area contributed by atoms with Crippen molar-refractivity contribution in [3.63, 3.8) is 0 Å². The van der Waals surface area contributed by atoms with Crippen LogP contribution in [0.4, 0.5) is 0 Å². The van der Waals surface area contributed by atoms with E-state index in [0.29, 0.717) is 34.9 Å². The van der Waals surface area contributed by atoms with Crippen LogP contribution < -0.4 is 5.56 Å². The molecule has 10 heteroatoms. The van der Waals surface area contributed by atoms with Gasteiger partial charge in [-0.15, -0.1) is 11.3 Å². The number of hydrogen-bond donors (Lipinski definition) is 0. The summed E-state index contributed by atoms with van der Waals surface area (Å²) in [5.41, 5.74) is 0.930. The van der Waals surface area contributed by atoms with Gasteiger partial charge < -0.3 is 4.90 Å². The summed E-state index contributed by atoms with van der Waals surface area (Å²) in [4.78, 5) is 34.7. The van der Waals surface area contributed by atoms with Gasteiger partial charge in [0.15, 0.2) is 15.0 Å². The van der Waals surface area contributed by atoms with Crippen molar-refractivity contribution in [2.75, 3.05) is 18.1 Å². The molecule has 7 nitrogen and oxygen atoms in total. The van der Waals surface area contributed by atoms with Crippen LogP contribution >= 0.6 is 23.1 Å². The largest absolute Gasteiger partial charge is 0.338 e. The second-order valence-corrected chi connectivity index (χ2v) is 12.8. The Morgan fingerprint density at radius 1 is 1.35 bits per heavy atom. The third-order valence-electron chi connectivity index (χ3n) is 5.89. The van der Waals surface area contributed by atoms with Crippen molar-refractivity contribution in [2.24, 2.45) is 0 Å². The number of hydrogen-bond acceptors (Lipinski definition) is 7. The van der Waals surface area contributed by atoms with Crippen LogP contribution in [0, 0.1) is 13.8 Å². The first-order valence-electron chi connectivity index (χ1n) is 10.8. The summed E-state index contributed by atoms with van der Waals surface area (Å²) < 4.78 is 25.5. The molecule has 1 aliphatic heterocycles. The van der Waals surface area contributed by atoms with Crippen molar-refractivity contribution in [1.29, 1.82) is 0 Å². The van der Waals surface area contributed by atoms with Crippen LogP contribution in [-0.2, 0) is 21.2 Å². The fourth-order valence-electron chi connectivity index (χ4n) is 3.97. The summed E-state index contributed by atoms with van der Waals surface area (Å²) >= 11 is 2.80. The van der Waals surface area contributed by atoms with Crippen LogP contribution in [0.5, 0.6) is 0 Å². The Morgan fingerprint density at radius 2 is 2.06 bits per heavy atom. The fraction of sp³-hybridized carbons (Fsp3) is 0.667. The molecule has 0 saturated carbocycles. The third-order valence-corrected chi connectivity index (χ3v) is 9.82. The van der Waals surface area contributed by atoms with E-state index in [1.807, 2.05) is 27.7 Å². The van der Waals surface area contributed by atoms with Crippen molar-refractivity contribution in [2.45, 2.75) is 76.9 Å². The Kier molecular flexibility index (Phi) is 7.53. The summed E-state index contributed by atoms with van der Waals surface area (Å²) in [6.07, 6.45) is 2.29. The predicted molar refractivity (Wildman–Crippen MR) is 128 cm³/mol. The average molecular weight is 486 g/mol. The molecule has 3 rings (SSSR count). The molecule has 0 aromatic carbocycles. The average Bonchev–Trinajstić information content (AvgIpc) is 3.20. The molecule has 0 bridgehead atoms. The van der Waals surface area contributed by atoms with Gasteiger partial charge in [0.2, 0.25) is 5.91 Å². The maximum absolute atomic E-state index is 13.3. The highest BCUT2D eigenvalue weighted by atomic mass is 32.2. The summed E-state index contributed by atoms with van der Waals surface area (Å²) in [6.45, 7) is 10.7. The molecular formula is C21H31N3O4S3. The topological polar surface area (TPSA) is 89.3 Å². The van der Waals surface area contributed by atoms with Crippen molar-refractivity contribution in [3.8, 4) is 0 Å². The van der Waals surface area contributed by atoms with Crippen LogP contribution in [0.2, 0.25) is 0 Å². The van der Waals surface area contributed by atoms with E-state index in [-0.39, 0.29) is 29.0 Å². The first kappa shape index (κ1) is 24.3. The molecule has 1 amide bonds. The van der Waals surface area contributed by atoms with Crippen LogP contribution in [0.1, 0.15) is 50.5 Å². The molecule has 0 unspecified atom stereocenters. The number of sulfone groups is 1. The van der Waals surface area contributed by atoms with E-state index >= 15 is 0 Å². The maximum Gasteiger partial charge on any atom is 0.263 e. The van der Waals surface area contributed by atoms with Gasteiger partial charge in [0.05, 0.1) is 22.1 Å². The summed E-state index contributed by atoms with van der Waals surface area (Å²) in [5.74, 6) is 0.0577. The second-order valence-electron chi connectivity index (χ2n) is 8.11. The minimum Gasteiger partial charge on any atom is -0.338 e. The molecular weight excluding hydrogens is 454 g/mol. The SMILES string of the molecule is CCCCn1c(S[C@@H](C)C(=O)N(CC)[C@@H]2CCS(=O)(=O)C2)nc2sc(C)c(C)c2c1=O. The lowest BCUT2D eigenvalue weighted by Gasteiger charge is -2.29. The lowest BCUT2D eigenvalue weighted by Crippen LogP contribution is -2.44. The van der Waals surface area contributed by atoms with E-state index in [1.54, 1.807) is 9.47 Å². The number of carbonyl (C=O) groups excluding carboxylic acids is 1. The zero-order valence-electron chi connectivity index (χ0n) is 18.8. The first-order chi connectivity index (χ1) is 14.6. The van der Waals surface area contributed by atoms with Gasteiger partial charge in [-0.25, -0.2) is 13.4 Å². The maximum atomic E-state index is 13.3.